The number of hydrogen-bond donors (Lipinski definition) is 23. The number of likely N-dealkylation sites (tertiary alicyclic amines) is 1. The van der Waals surface area contributed by atoms with E-state index in [2.05, 4.69) is 53.2 Å². The van der Waals surface area contributed by atoms with Gasteiger partial charge in [0.15, 0.2) is 30.9 Å². The molecule has 48 heteroatoms. The number of hydrogen-bond acceptors (Lipinski definition) is 37. The van der Waals surface area contributed by atoms with Crippen LogP contribution in [-0.2, 0) is 102 Å². The first-order valence-electron chi connectivity index (χ1n) is 44.1. The summed E-state index contributed by atoms with van der Waals surface area (Å²) in [5, 5.41) is 157. The summed E-state index contributed by atoms with van der Waals surface area (Å²) in [7, 11) is 0. The molecule has 750 valence electrons. The quantitative estimate of drug-likeness (QED) is 0.0274. The molecule has 0 radical (unpaired) electrons. The Kier molecular flexibility index (Phi) is 46.4. The van der Waals surface area contributed by atoms with Crippen LogP contribution in [0.2, 0.25) is 0 Å². The molecule has 5 aliphatic rings. The lowest BCUT2D eigenvalue weighted by Crippen LogP contribution is -2.64. The van der Waals surface area contributed by atoms with E-state index in [1.54, 1.807) is 18.7 Å². The van der Waals surface area contributed by atoms with Crippen LogP contribution in [0.25, 0.3) is 0 Å². The highest BCUT2D eigenvalue weighted by molar-refractivity contribution is 6.04. The molecule has 0 bridgehead atoms. The number of anilines is 1. The normalized spacial score (nSPS) is 28.3. The smallest absolute Gasteiger partial charge is 0.251 e. The third-order valence-electron chi connectivity index (χ3n) is 23.5. The molecule has 48 nitrogen and oxygen atoms in total. The third kappa shape index (κ3) is 33.6. The van der Waals surface area contributed by atoms with Gasteiger partial charge in [0.2, 0.25) is 41.4 Å². The fourth-order valence-corrected chi connectivity index (χ4v) is 15.2. The summed E-state index contributed by atoms with van der Waals surface area (Å²) < 4.78 is 67.4. The molecule has 7 rings (SSSR count). The van der Waals surface area contributed by atoms with E-state index in [0.717, 1.165) is 0 Å². The maximum Gasteiger partial charge on any atom is 0.251 e. The zero-order valence-electron chi connectivity index (χ0n) is 75.6. The first-order valence-corrected chi connectivity index (χ1v) is 44.1. The number of amides is 11. The topological polar surface area (TPSA) is 702 Å². The molecule has 0 aliphatic carbocycles. The average molecular weight is 1900 g/mol. The van der Waals surface area contributed by atoms with Gasteiger partial charge in [-0.25, -0.2) is 0 Å². The average Bonchev–Trinajstić information content (AvgIpc) is 1.62. The molecule has 0 saturated carbocycles. The number of rotatable bonds is 55. The molecule has 5 saturated heterocycles. The fraction of sp³-hybridized carbons (Fsp3) is 0.718. The summed E-state index contributed by atoms with van der Waals surface area (Å²) in [5.41, 5.74) is -1.68. The largest absolute Gasteiger partial charge is 0.396 e. The SMILES string of the molecule is CC[C@@]1(C)CN(C(=O)CCC(=O)NC(CCC(=O)NCC(=O)Cc2cc(C(=O)NCCOCCOC3O[C@H](CO)[C@H](O)[C@H](O)[C@H]3C)cc(C(=O)NCCOCCOC3O[C@H](CO)[C@H](O)[C@H](O)[C@H]3NC(C)=O)c2)C(=O)NCC(=O)Nc2cc(C(=O)NCCOCCOC3O[C@H](CO)[C@H](O)[C@H](O)[C@H]3C)cc(C(=O)NCCOCCOC3O[C@H](CO)[C@H](O)[C@H](O)[C@H]3NC(C)=O)c2)C[C@@]1(C)CO. The molecule has 5 aliphatic heterocycles. The van der Waals surface area contributed by atoms with Gasteiger partial charge in [0.25, 0.3) is 23.6 Å². The van der Waals surface area contributed by atoms with E-state index >= 15 is 0 Å². The molecule has 0 aromatic heterocycles. The highest BCUT2D eigenvalue weighted by Gasteiger charge is 2.53. The Hall–Kier alpha value is -8.72. The molecule has 0 spiro atoms. The lowest BCUT2D eigenvalue weighted by atomic mass is 9.67. The molecule has 23 N–H and O–H groups in total. The highest BCUT2D eigenvalue weighted by atomic mass is 16.7. The minimum Gasteiger partial charge on any atom is -0.396 e. The van der Waals surface area contributed by atoms with Crippen LogP contribution in [0.15, 0.2) is 36.4 Å². The number of benzene rings is 2. The van der Waals surface area contributed by atoms with Gasteiger partial charge >= 0.3 is 0 Å². The summed E-state index contributed by atoms with van der Waals surface area (Å²) in [6.07, 6.45) is -22.3. The number of carbonyl (C=O) groups excluding carboxylic acids is 12. The van der Waals surface area contributed by atoms with Gasteiger partial charge in [0.05, 0.1) is 138 Å². The number of nitrogens with zero attached hydrogens (tertiary/aromatic N) is 1. The van der Waals surface area contributed by atoms with E-state index < -0.39 is 275 Å². The number of aliphatic hydroxyl groups excluding tert-OH is 13. The second-order valence-corrected chi connectivity index (χ2v) is 33.5. The Bertz CT molecular complexity index is 4090. The number of ketones is 1. The molecule has 2 aromatic carbocycles. The van der Waals surface area contributed by atoms with Crippen LogP contribution in [-0.4, -0.2) is 423 Å². The number of nitrogens with one attached hydrogen (secondary N) is 10. The lowest BCUT2D eigenvalue weighted by Gasteiger charge is -2.42. The molecule has 5 heterocycles. The zero-order chi connectivity index (χ0) is 97.8. The summed E-state index contributed by atoms with van der Waals surface area (Å²) in [6, 6.07) is 3.49. The van der Waals surface area contributed by atoms with Crippen LogP contribution in [0.4, 0.5) is 5.69 Å². The molecule has 5 unspecified atom stereocenters. The van der Waals surface area contributed by atoms with Crippen LogP contribution < -0.4 is 53.2 Å². The van der Waals surface area contributed by atoms with Crippen LogP contribution in [0.1, 0.15) is 128 Å². The van der Waals surface area contributed by atoms with Crippen molar-refractivity contribution in [3.63, 3.8) is 0 Å². The van der Waals surface area contributed by atoms with Crippen LogP contribution in [0, 0.1) is 22.7 Å². The number of aliphatic hydroxyl groups is 13. The van der Waals surface area contributed by atoms with Crippen molar-refractivity contribution in [1.29, 1.82) is 0 Å². The van der Waals surface area contributed by atoms with E-state index in [9.17, 15) is 124 Å². The van der Waals surface area contributed by atoms with Gasteiger partial charge in [-0.1, -0.05) is 34.6 Å². The van der Waals surface area contributed by atoms with Crippen molar-refractivity contribution in [3.8, 4) is 0 Å². The van der Waals surface area contributed by atoms with Crippen molar-refractivity contribution in [3.05, 3.63) is 64.2 Å². The maximum atomic E-state index is 14.3. The predicted molar refractivity (Wildman–Crippen MR) is 458 cm³/mol. The minimum atomic E-state index is -1.60. The molecule has 2 aromatic rings. The Morgan fingerprint density at radius 1 is 0.429 bits per heavy atom. The summed E-state index contributed by atoms with van der Waals surface area (Å²) >= 11 is 0. The monoisotopic (exact) mass is 1900 g/mol. The maximum absolute atomic E-state index is 14.3. The van der Waals surface area contributed by atoms with Gasteiger partial charge < -0.3 is 181 Å². The molecular weight excluding hydrogens is 1770 g/mol. The third-order valence-corrected chi connectivity index (χ3v) is 23.5. The first kappa shape index (κ1) is 111. The van der Waals surface area contributed by atoms with Crippen LogP contribution in [0.5, 0.6) is 0 Å². The van der Waals surface area contributed by atoms with E-state index in [0.29, 0.717) is 6.42 Å². The summed E-state index contributed by atoms with van der Waals surface area (Å²) in [6.45, 7) is 5.87. The van der Waals surface area contributed by atoms with Crippen molar-refractivity contribution in [1.82, 2.24) is 52.8 Å². The summed E-state index contributed by atoms with van der Waals surface area (Å²) in [4.78, 5) is 164. The first-order chi connectivity index (χ1) is 63.3. The van der Waals surface area contributed by atoms with Crippen molar-refractivity contribution in [2.45, 2.75) is 204 Å². The number of ether oxygens (including phenoxy) is 12. The zero-order valence-corrected chi connectivity index (χ0v) is 75.6. The van der Waals surface area contributed by atoms with E-state index in [4.69, 9.17) is 56.8 Å². The molecule has 11 amide bonds. The minimum absolute atomic E-state index is 0.0190. The number of Topliss-reactive ketones (excluding diaryl/α,β-unsaturated/α-hetero) is 1. The molecule has 5 fully saturated rings. The fourth-order valence-electron chi connectivity index (χ4n) is 15.2. The summed E-state index contributed by atoms with van der Waals surface area (Å²) in [5.74, 6) is -10.2. The van der Waals surface area contributed by atoms with E-state index in [1.165, 1.54) is 50.2 Å². The van der Waals surface area contributed by atoms with Crippen LogP contribution in [0.3, 0.4) is 0 Å². The predicted octanol–water partition coefficient (Wildman–Crippen LogP) is -8.94. The van der Waals surface area contributed by atoms with Gasteiger partial charge in [-0.3, -0.25) is 57.5 Å². The Labute approximate surface area is 767 Å². The second-order valence-electron chi connectivity index (χ2n) is 33.5. The van der Waals surface area contributed by atoms with Crippen molar-refractivity contribution < 1.29 is 181 Å². The van der Waals surface area contributed by atoms with Crippen molar-refractivity contribution in [2.75, 3.05) is 170 Å². The van der Waals surface area contributed by atoms with E-state index in [-0.39, 0.29) is 165 Å². The van der Waals surface area contributed by atoms with Gasteiger partial charge in [-0.05, 0) is 60.2 Å². The molecule has 133 heavy (non-hydrogen) atoms. The van der Waals surface area contributed by atoms with Crippen molar-refractivity contribution in [2.24, 2.45) is 22.7 Å². The van der Waals surface area contributed by atoms with Crippen molar-refractivity contribution >= 4 is 76.4 Å². The van der Waals surface area contributed by atoms with E-state index in [1.807, 2.05) is 20.8 Å². The van der Waals surface area contributed by atoms with Crippen LogP contribution >= 0.6 is 0 Å². The molecule has 23 atom stereocenters. The Morgan fingerprint density at radius 3 is 1.18 bits per heavy atom. The van der Waals surface area contributed by atoms with Gasteiger partial charge in [0.1, 0.15) is 79.2 Å². The Balaban J connectivity index is 0.996. The Morgan fingerprint density at radius 2 is 0.805 bits per heavy atom. The molecular formula is C85H133N11O37. The lowest BCUT2D eigenvalue weighted by molar-refractivity contribution is -0.284. The second kappa shape index (κ2) is 55.5. The van der Waals surface area contributed by atoms with Gasteiger partial charge in [-0.15, -0.1) is 0 Å². The number of carbonyl (C=O) groups is 12. The standard InChI is InChI=1S/C85H133N11O37/c1-8-84(6)42-96(43-85(84,7)44-101)64(108)12-11-62(106)95-56(79(121)91-37-63(107)94-54-34-52(77(119)88-15-19-123-22-26-127-81-46(3)68(110)70(112)58(39-98)131-81)33-53(35-54)78(120)89-16-20-125-24-28-129-83-66(93-48(5)103)74(116)72(114)60(41-100)133-83)9-10-61(105)90-36-55(104)31-49-29-50(75(117)86-13-17-122-21-25-126-80-45(2)67(109)69(111)57(38-97)130-80)32-51(30-49)76(118)87-14-18-124-23-27-128-82-65(92-47(4)102)73(115)71(113)59(40-99)132-82/h29-30,32-35,45-46,56-60,65-74,80-83,97-101,109-116H,8-28,31,36-44H2,1-7H3,(H,86,117)(H,87,118)(H,88,119)(H,89,120)(H,90,105)(H,91,121)(H,92,102)(H,93,103)(H,94,107)(H,95,106)/t45-,46-,56?,57-,58-,59-,60-,65-,66-,67-,68-,69+,70+,71+,72+,73-,74-,80?,81?,82?,83?,84+,85+/m1/s1. The van der Waals surface area contributed by atoms with Gasteiger partial charge in [0, 0.05) is 124 Å². The highest BCUT2D eigenvalue weighted by Crippen LogP contribution is 2.48. The van der Waals surface area contributed by atoms with Gasteiger partial charge in [-0.2, -0.15) is 0 Å².